The Balaban J connectivity index is 1.64. The smallest absolute Gasteiger partial charge is 0.278 e. The van der Waals surface area contributed by atoms with Crippen LogP contribution in [-0.2, 0) is 10.5 Å². The maximum absolute atomic E-state index is 15.3. The van der Waals surface area contributed by atoms with Crippen molar-refractivity contribution in [1.29, 1.82) is 0 Å². The van der Waals surface area contributed by atoms with Gasteiger partial charge in [0.25, 0.3) is 5.91 Å². The van der Waals surface area contributed by atoms with Crippen LogP contribution in [0.4, 0.5) is 8.78 Å². The van der Waals surface area contributed by atoms with Crippen LogP contribution in [0.1, 0.15) is 53.0 Å². The molecule has 6 rings (SSSR count). The molecule has 0 bridgehead atoms. The molecule has 0 spiro atoms. The van der Waals surface area contributed by atoms with Crippen LogP contribution in [-0.4, -0.2) is 48.0 Å². The largest absolute Gasteiger partial charge is 0.487 e. The molecule has 11 heteroatoms. The van der Waals surface area contributed by atoms with Gasteiger partial charge in [0.1, 0.15) is 6.17 Å². The number of ether oxygens (including phenoxy) is 2. The molecular weight excluding hydrogens is 592 g/mol. The van der Waals surface area contributed by atoms with Crippen molar-refractivity contribution in [3.63, 3.8) is 0 Å². The van der Waals surface area contributed by atoms with Crippen LogP contribution >= 0.6 is 27.7 Å². The zero-order valence-corrected chi connectivity index (χ0v) is 23.6. The van der Waals surface area contributed by atoms with Gasteiger partial charge < -0.3 is 14.4 Å². The minimum absolute atomic E-state index is 0.0282. The van der Waals surface area contributed by atoms with Crippen molar-refractivity contribution in [3.05, 3.63) is 91.3 Å². The Morgan fingerprint density at radius 3 is 2.79 bits per heavy atom. The Morgan fingerprint density at radius 2 is 1.97 bits per heavy atom. The van der Waals surface area contributed by atoms with E-state index in [1.54, 1.807) is 21.8 Å². The van der Waals surface area contributed by atoms with Crippen LogP contribution in [0.3, 0.4) is 0 Å². The van der Waals surface area contributed by atoms with Crippen molar-refractivity contribution in [2.24, 2.45) is 0 Å². The summed E-state index contributed by atoms with van der Waals surface area (Å²) >= 11 is 4.82. The number of benzene rings is 2. The predicted octanol–water partition coefficient (Wildman–Crippen LogP) is 5.21. The van der Waals surface area contributed by atoms with Crippen LogP contribution in [0.15, 0.2) is 56.8 Å². The van der Waals surface area contributed by atoms with Gasteiger partial charge in [0.2, 0.25) is 5.43 Å². The molecule has 4 heterocycles. The molecule has 2 aromatic carbocycles. The van der Waals surface area contributed by atoms with E-state index < -0.39 is 29.3 Å². The molecule has 1 unspecified atom stereocenters. The molecule has 0 N–H and O–H groups in total. The summed E-state index contributed by atoms with van der Waals surface area (Å²) in [6.45, 7) is 3.15. The first-order valence-corrected chi connectivity index (χ1v) is 14.6. The average Bonchev–Trinajstić information content (AvgIpc) is 3.11. The number of unbranched alkanes of at least 4 members (excludes halogenated alkanes) is 1. The first-order valence-electron chi connectivity index (χ1n) is 12.9. The Kier molecular flexibility index (Phi) is 7.15. The van der Waals surface area contributed by atoms with Gasteiger partial charge in [-0.2, -0.15) is 0 Å². The molecule has 0 saturated carbocycles. The molecule has 3 aliphatic heterocycles. The maximum Gasteiger partial charge on any atom is 0.278 e. The van der Waals surface area contributed by atoms with Crippen LogP contribution in [0.2, 0.25) is 0 Å². The van der Waals surface area contributed by atoms with Gasteiger partial charge in [-0.3, -0.25) is 19.3 Å². The molecule has 1 fully saturated rings. The van der Waals surface area contributed by atoms with E-state index in [-0.39, 0.29) is 46.4 Å². The highest BCUT2D eigenvalue weighted by Gasteiger charge is 2.46. The number of aromatic nitrogens is 1. The zero-order chi connectivity index (χ0) is 27.3. The summed E-state index contributed by atoms with van der Waals surface area (Å²) in [5, 5.41) is 1.94. The molecule has 204 valence electrons. The number of fused-ring (bicyclic) bond motifs is 4. The first kappa shape index (κ1) is 26.3. The van der Waals surface area contributed by atoms with Gasteiger partial charge in [-0.1, -0.05) is 37.6 Å². The number of carbonyl (C=O) groups excluding carboxylic acids is 1. The second-order valence-electron chi connectivity index (χ2n) is 9.62. The van der Waals surface area contributed by atoms with E-state index in [9.17, 15) is 14.0 Å². The monoisotopic (exact) mass is 617 g/mol. The highest BCUT2D eigenvalue weighted by atomic mass is 79.9. The molecule has 0 aliphatic carbocycles. The van der Waals surface area contributed by atoms with E-state index in [1.807, 2.05) is 36.2 Å². The topological polar surface area (TPSA) is 64.0 Å². The number of hydrogen-bond acceptors (Lipinski definition) is 6. The van der Waals surface area contributed by atoms with E-state index >= 15 is 4.39 Å². The number of hydrogen-bond donors (Lipinski definition) is 0. The summed E-state index contributed by atoms with van der Waals surface area (Å²) in [7, 11) is 0. The van der Waals surface area contributed by atoms with Crippen molar-refractivity contribution in [1.82, 2.24) is 9.58 Å². The zero-order valence-electron chi connectivity index (χ0n) is 21.2. The van der Waals surface area contributed by atoms with Crippen molar-refractivity contribution in [3.8, 4) is 5.75 Å². The second kappa shape index (κ2) is 10.6. The summed E-state index contributed by atoms with van der Waals surface area (Å²) < 4.78 is 43.4. The number of halogens is 3. The van der Waals surface area contributed by atoms with E-state index in [2.05, 4.69) is 15.9 Å². The number of rotatable bonds is 5. The normalized spacial score (nSPS) is 20.1. The van der Waals surface area contributed by atoms with Gasteiger partial charge in [-0.15, -0.1) is 11.8 Å². The lowest BCUT2D eigenvalue weighted by Crippen LogP contribution is -2.66. The molecule has 1 amide bonds. The highest BCUT2D eigenvalue weighted by Crippen LogP contribution is 2.45. The fourth-order valence-corrected chi connectivity index (χ4v) is 6.94. The van der Waals surface area contributed by atoms with Gasteiger partial charge >= 0.3 is 0 Å². The van der Waals surface area contributed by atoms with Crippen LogP contribution in [0.5, 0.6) is 5.75 Å². The molecule has 3 aromatic rings. The Hall–Kier alpha value is -2.89. The summed E-state index contributed by atoms with van der Waals surface area (Å²) in [4.78, 5) is 29.8. The minimum Gasteiger partial charge on any atom is -0.487 e. The number of thioether (sulfide) groups is 1. The quantitative estimate of drug-likeness (QED) is 0.366. The van der Waals surface area contributed by atoms with Gasteiger partial charge in [-0.05, 0) is 45.6 Å². The van der Waals surface area contributed by atoms with Crippen molar-refractivity contribution in [2.75, 3.05) is 31.4 Å². The predicted molar refractivity (Wildman–Crippen MR) is 147 cm³/mol. The maximum atomic E-state index is 15.3. The summed E-state index contributed by atoms with van der Waals surface area (Å²) in [5.41, 5.74) is 1.42. The van der Waals surface area contributed by atoms with Crippen molar-refractivity contribution in [2.45, 2.75) is 42.6 Å². The van der Waals surface area contributed by atoms with Gasteiger partial charge in [0.15, 0.2) is 23.1 Å². The standard InChI is InChI=1S/C28H26BrF2N3O4S/c1-2-3-11-38-27-25-28(36)32-10-12-37-14-22(32)34(33(25)13-19(29)26(27)35)24-16-8-9-20(30)23(31)18(16)15-39-21-7-5-4-6-17(21)24/h4-9,13,22,24H,2-3,10-12,14-15H2,1H3/t22-,24?/m1/s1. The van der Waals surface area contributed by atoms with E-state index in [0.717, 1.165) is 29.4 Å². The summed E-state index contributed by atoms with van der Waals surface area (Å²) in [6.07, 6.45) is 2.57. The third-order valence-electron chi connectivity index (χ3n) is 7.35. The average molecular weight is 618 g/mol. The Morgan fingerprint density at radius 1 is 1.15 bits per heavy atom. The SMILES string of the molecule is CCCCOc1c2n(cc(Br)c1=O)N(C1c3ccccc3SCc3c1ccc(F)c3F)[C@@H]1COCCN1C2=O. The Labute approximate surface area is 236 Å². The lowest BCUT2D eigenvalue weighted by atomic mass is 9.93. The molecule has 0 radical (unpaired) electrons. The van der Waals surface area contributed by atoms with Gasteiger partial charge in [0, 0.05) is 29.0 Å². The number of morpholine rings is 1. The lowest BCUT2D eigenvalue weighted by molar-refractivity contribution is -0.0199. The van der Waals surface area contributed by atoms with E-state index in [4.69, 9.17) is 9.47 Å². The molecule has 2 atom stereocenters. The first-order chi connectivity index (χ1) is 18.9. The van der Waals surface area contributed by atoms with Crippen LogP contribution in [0.25, 0.3) is 0 Å². The molecule has 39 heavy (non-hydrogen) atoms. The molecular formula is C28H26BrF2N3O4S. The van der Waals surface area contributed by atoms with E-state index in [0.29, 0.717) is 18.7 Å². The third-order valence-corrected chi connectivity index (χ3v) is 9.03. The summed E-state index contributed by atoms with van der Waals surface area (Å²) in [5.74, 6) is -1.91. The summed E-state index contributed by atoms with van der Waals surface area (Å²) in [6, 6.07) is 9.87. The minimum atomic E-state index is -0.908. The molecule has 1 aromatic heterocycles. The van der Waals surface area contributed by atoms with Crippen LogP contribution < -0.4 is 15.2 Å². The third kappa shape index (κ3) is 4.35. The fraction of sp³-hybridized carbons (Fsp3) is 0.357. The lowest BCUT2D eigenvalue weighted by Gasteiger charge is -2.51. The highest BCUT2D eigenvalue weighted by molar-refractivity contribution is 9.10. The molecule has 7 nitrogen and oxygen atoms in total. The van der Waals surface area contributed by atoms with Crippen LogP contribution in [0, 0.1) is 11.6 Å². The van der Waals surface area contributed by atoms with Crippen molar-refractivity contribution < 1.29 is 23.0 Å². The Bertz CT molecular complexity index is 1520. The molecule has 3 aliphatic rings. The van der Waals surface area contributed by atoms with Crippen molar-refractivity contribution >= 4 is 33.6 Å². The number of carbonyl (C=O) groups is 1. The van der Waals surface area contributed by atoms with Gasteiger partial charge in [0.05, 0.1) is 30.3 Å². The van der Waals surface area contributed by atoms with Gasteiger partial charge in [-0.25, -0.2) is 8.78 Å². The van der Waals surface area contributed by atoms with E-state index in [1.165, 1.54) is 11.8 Å². The number of amides is 1. The number of nitrogens with zero attached hydrogens (tertiary/aromatic N) is 3. The second-order valence-corrected chi connectivity index (χ2v) is 11.5. The number of pyridine rings is 1. The molecule has 1 saturated heterocycles. The fourth-order valence-electron chi connectivity index (χ4n) is 5.45.